The maximum Gasteiger partial charge on any atom is 0.236 e. The summed E-state index contributed by atoms with van der Waals surface area (Å²) in [6, 6.07) is 43.9. The highest BCUT2D eigenvalue weighted by Gasteiger charge is 2.26. The lowest BCUT2D eigenvalue weighted by molar-refractivity contribution is 0.634. The van der Waals surface area contributed by atoms with Gasteiger partial charge < -0.3 is 8.83 Å². The number of rotatable bonds is 2. The van der Waals surface area contributed by atoms with E-state index in [9.17, 15) is 0 Å². The summed E-state index contributed by atoms with van der Waals surface area (Å²) in [5.74, 6) is 0.574. The van der Waals surface area contributed by atoms with E-state index in [4.69, 9.17) is 18.8 Å². The Hall–Kier alpha value is -5.94. The molecule has 0 unspecified atom stereocenters. The van der Waals surface area contributed by atoms with E-state index in [0.717, 1.165) is 65.9 Å². The van der Waals surface area contributed by atoms with Gasteiger partial charge in [0.2, 0.25) is 5.95 Å². The van der Waals surface area contributed by atoms with Gasteiger partial charge in [0.15, 0.2) is 11.2 Å². The van der Waals surface area contributed by atoms with Gasteiger partial charge in [0.1, 0.15) is 22.2 Å². The van der Waals surface area contributed by atoms with Crippen molar-refractivity contribution in [2.75, 3.05) is 0 Å². The van der Waals surface area contributed by atoms with Crippen LogP contribution < -0.4 is 0 Å². The van der Waals surface area contributed by atoms with Gasteiger partial charge in [0, 0.05) is 27.1 Å². The summed E-state index contributed by atoms with van der Waals surface area (Å²) in [5, 5.41) is 7.56. The fourth-order valence-corrected chi connectivity index (χ4v) is 6.64. The monoisotopic (exact) mass is 551 g/mol. The smallest absolute Gasteiger partial charge is 0.236 e. The average molecular weight is 552 g/mol. The molecule has 0 fully saturated rings. The number of fused-ring (bicyclic) bond motifs is 11. The van der Waals surface area contributed by atoms with Crippen LogP contribution >= 0.6 is 0 Å². The van der Waals surface area contributed by atoms with Gasteiger partial charge in [-0.1, -0.05) is 91.0 Å². The zero-order valence-corrected chi connectivity index (χ0v) is 22.8. The second kappa shape index (κ2) is 8.30. The first-order valence-corrected chi connectivity index (χ1v) is 14.3. The number of nitrogens with zero attached hydrogens (tertiary/aromatic N) is 3. The van der Waals surface area contributed by atoms with Crippen molar-refractivity contribution < 1.29 is 8.83 Å². The van der Waals surface area contributed by atoms with Crippen LogP contribution in [0.4, 0.5) is 0 Å². The molecule has 0 saturated heterocycles. The van der Waals surface area contributed by atoms with Gasteiger partial charge in [-0.25, -0.2) is 9.97 Å². The molecular formula is C38H21N3O2. The van der Waals surface area contributed by atoms with Crippen molar-refractivity contribution >= 4 is 76.6 Å². The van der Waals surface area contributed by atoms with E-state index in [1.807, 2.05) is 36.4 Å². The number of para-hydroxylation sites is 2. The van der Waals surface area contributed by atoms with E-state index >= 15 is 0 Å². The molecule has 10 aromatic rings. The Kier molecular flexibility index (Phi) is 4.39. The summed E-state index contributed by atoms with van der Waals surface area (Å²) >= 11 is 0. The van der Waals surface area contributed by atoms with E-state index in [1.54, 1.807) is 0 Å². The molecule has 0 atom stereocenters. The molecule has 0 aliphatic carbocycles. The molecule has 0 aliphatic heterocycles. The highest BCUT2D eigenvalue weighted by atomic mass is 16.4. The molecule has 10 rings (SSSR count). The van der Waals surface area contributed by atoms with Gasteiger partial charge >= 0.3 is 0 Å². The number of furan rings is 2. The van der Waals surface area contributed by atoms with E-state index < -0.39 is 0 Å². The van der Waals surface area contributed by atoms with Crippen LogP contribution in [0.3, 0.4) is 0 Å². The Bertz CT molecular complexity index is 2660. The molecule has 5 nitrogen and oxygen atoms in total. The minimum absolute atomic E-state index is 0.574. The van der Waals surface area contributed by atoms with Crippen LogP contribution in [0.25, 0.3) is 93.8 Å². The van der Waals surface area contributed by atoms with Gasteiger partial charge in [-0.2, -0.15) is 0 Å². The van der Waals surface area contributed by atoms with Crippen molar-refractivity contribution in [3.8, 4) is 17.2 Å². The molecule has 5 heteroatoms. The molecule has 0 amide bonds. The first-order chi connectivity index (χ1) is 21.3. The van der Waals surface area contributed by atoms with Crippen molar-refractivity contribution in [1.29, 1.82) is 0 Å². The van der Waals surface area contributed by atoms with E-state index in [0.29, 0.717) is 17.1 Å². The van der Waals surface area contributed by atoms with Gasteiger partial charge in [-0.15, -0.1) is 0 Å². The first-order valence-electron chi connectivity index (χ1n) is 14.3. The van der Waals surface area contributed by atoms with Gasteiger partial charge in [0.05, 0.1) is 11.2 Å². The summed E-state index contributed by atoms with van der Waals surface area (Å²) < 4.78 is 15.0. The van der Waals surface area contributed by atoms with Crippen LogP contribution in [-0.4, -0.2) is 14.5 Å². The lowest BCUT2D eigenvalue weighted by Crippen LogP contribution is -2.03. The molecule has 0 radical (unpaired) electrons. The molecule has 43 heavy (non-hydrogen) atoms. The Morgan fingerprint density at radius 2 is 1.05 bits per heavy atom. The fourth-order valence-electron chi connectivity index (χ4n) is 6.64. The minimum Gasteiger partial charge on any atom is -0.450 e. The average Bonchev–Trinajstić information content (AvgIpc) is 3.72. The topological polar surface area (TPSA) is 57.0 Å². The molecule has 0 spiro atoms. The van der Waals surface area contributed by atoms with Crippen LogP contribution in [0.15, 0.2) is 136 Å². The van der Waals surface area contributed by atoms with Crippen LogP contribution in [0.1, 0.15) is 0 Å². The van der Waals surface area contributed by atoms with Gasteiger partial charge in [0.25, 0.3) is 0 Å². The molecule has 0 N–H and O–H groups in total. The summed E-state index contributed by atoms with van der Waals surface area (Å²) in [7, 11) is 0. The van der Waals surface area contributed by atoms with E-state index in [1.165, 1.54) is 10.8 Å². The number of hydrogen-bond acceptors (Lipinski definition) is 4. The molecule has 0 aliphatic rings. The minimum atomic E-state index is 0.574. The summed E-state index contributed by atoms with van der Waals surface area (Å²) in [5.41, 5.74) is 7.61. The highest BCUT2D eigenvalue weighted by Crippen LogP contribution is 2.43. The third-order valence-electron chi connectivity index (χ3n) is 8.59. The van der Waals surface area contributed by atoms with Crippen LogP contribution in [-0.2, 0) is 0 Å². The number of benzene rings is 6. The quantitative estimate of drug-likeness (QED) is 0.201. The van der Waals surface area contributed by atoms with Crippen molar-refractivity contribution in [3.05, 3.63) is 127 Å². The van der Waals surface area contributed by atoms with Crippen molar-refractivity contribution in [2.45, 2.75) is 0 Å². The third-order valence-corrected chi connectivity index (χ3v) is 8.59. The van der Waals surface area contributed by atoms with E-state index in [2.05, 4.69) is 95.6 Å². The maximum atomic E-state index is 6.45. The Morgan fingerprint density at radius 1 is 0.465 bits per heavy atom. The van der Waals surface area contributed by atoms with Crippen LogP contribution in [0, 0.1) is 0 Å². The molecule has 0 saturated carbocycles. The number of hydrogen-bond donors (Lipinski definition) is 0. The Morgan fingerprint density at radius 3 is 1.77 bits per heavy atom. The van der Waals surface area contributed by atoms with Crippen molar-refractivity contribution in [1.82, 2.24) is 14.5 Å². The highest BCUT2D eigenvalue weighted by molar-refractivity contribution is 6.20. The molecule has 200 valence electrons. The van der Waals surface area contributed by atoms with Crippen molar-refractivity contribution in [2.24, 2.45) is 0 Å². The zero-order chi connectivity index (χ0) is 28.1. The van der Waals surface area contributed by atoms with Crippen molar-refractivity contribution in [3.63, 3.8) is 0 Å². The summed E-state index contributed by atoms with van der Waals surface area (Å²) in [6.07, 6.45) is 0. The second-order valence-electron chi connectivity index (χ2n) is 11.0. The lowest BCUT2D eigenvalue weighted by Gasteiger charge is -2.13. The Balaban J connectivity index is 1.41. The molecule has 0 bridgehead atoms. The van der Waals surface area contributed by atoms with E-state index in [-0.39, 0.29) is 0 Å². The second-order valence-corrected chi connectivity index (χ2v) is 11.0. The lowest BCUT2D eigenvalue weighted by atomic mass is 10.00. The number of aromatic nitrogens is 3. The molecule has 4 heterocycles. The molecule has 6 aromatic carbocycles. The van der Waals surface area contributed by atoms with Crippen LogP contribution in [0.2, 0.25) is 0 Å². The van der Waals surface area contributed by atoms with Crippen LogP contribution in [0.5, 0.6) is 0 Å². The summed E-state index contributed by atoms with van der Waals surface area (Å²) in [6.45, 7) is 0. The molecular weight excluding hydrogens is 530 g/mol. The standard InChI is InChI=1S/C38H21N3O2/c1-2-11-24-21-25(18-17-22(24)9-1)32-29-20-19-23-10-3-4-12-26(23)33(29)40-38(39-32)41-34-27-13-5-7-15-30(27)42-36(34)37-35(41)28-14-6-8-16-31(28)43-37/h1-21H. The third kappa shape index (κ3) is 3.11. The fraction of sp³-hybridized carbons (Fsp3) is 0. The predicted molar refractivity (Wildman–Crippen MR) is 174 cm³/mol. The first kappa shape index (κ1) is 22.7. The van der Waals surface area contributed by atoms with Gasteiger partial charge in [-0.3, -0.25) is 4.57 Å². The largest absolute Gasteiger partial charge is 0.450 e. The predicted octanol–water partition coefficient (Wildman–Crippen LogP) is 10.2. The molecule has 4 aromatic heterocycles. The maximum absolute atomic E-state index is 6.45. The zero-order valence-electron chi connectivity index (χ0n) is 22.8. The SMILES string of the molecule is c1ccc2cc(-c3nc(-n4c5c6ccccc6oc5c5oc6ccccc6c54)nc4c3ccc3ccccc34)ccc2c1. The van der Waals surface area contributed by atoms with Gasteiger partial charge in [-0.05, 0) is 52.6 Å². The summed E-state index contributed by atoms with van der Waals surface area (Å²) in [4.78, 5) is 10.7. The Labute approximate surface area is 244 Å². The normalized spacial score (nSPS) is 12.2.